The van der Waals surface area contributed by atoms with Gasteiger partial charge in [0.2, 0.25) is 0 Å². The first-order chi connectivity index (χ1) is 14.6. The molecule has 8 nitrogen and oxygen atoms in total. The Morgan fingerprint density at radius 3 is 2.50 bits per heavy atom. The van der Waals surface area contributed by atoms with Crippen molar-refractivity contribution < 1.29 is 18.3 Å². The lowest BCUT2D eigenvalue weighted by atomic mass is 10.1. The molecule has 1 aliphatic heterocycles. The van der Waals surface area contributed by atoms with Crippen molar-refractivity contribution in [2.45, 2.75) is 6.04 Å². The maximum atomic E-state index is 13.2. The third-order valence-corrected chi connectivity index (χ3v) is 4.24. The van der Waals surface area contributed by atoms with Crippen molar-refractivity contribution in [3.05, 3.63) is 66.9 Å². The highest BCUT2D eigenvalue weighted by Crippen LogP contribution is 2.23. The molecule has 1 aromatic carbocycles. The van der Waals surface area contributed by atoms with Crippen molar-refractivity contribution in [1.82, 2.24) is 24.8 Å². The minimum absolute atomic E-state index is 0.0382. The van der Waals surface area contributed by atoms with E-state index in [4.69, 9.17) is 4.74 Å². The van der Waals surface area contributed by atoms with Gasteiger partial charge in [0.15, 0.2) is 0 Å². The summed E-state index contributed by atoms with van der Waals surface area (Å²) in [6.07, 6.45) is 10.1. The van der Waals surface area contributed by atoms with Crippen LogP contribution in [0.4, 0.5) is 14.6 Å². The summed E-state index contributed by atoms with van der Waals surface area (Å²) in [6.45, 7) is 1.51. The molecule has 3 heterocycles. The smallest absolute Gasteiger partial charge is 0.321 e. The van der Waals surface area contributed by atoms with Crippen molar-refractivity contribution in [2.75, 3.05) is 18.4 Å². The van der Waals surface area contributed by atoms with E-state index in [1.54, 1.807) is 18.6 Å². The van der Waals surface area contributed by atoms with Crippen LogP contribution in [0.5, 0.6) is 11.8 Å². The van der Waals surface area contributed by atoms with E-state index in [-0.39, 0.29) is 17.8 Å². The van der Waals surface area contributed by atoms with Gasteiger partial charge in [0.25, 0.3) is 0 Å². The van der Waals surface area contributed by atoms with E-state index in [9.17, 15) is 13.6 Å². The topological polar surface area (TPSA) is 93.1 Å². The van der Waals surface area contributed by atoms with E-state index in [0.717, 1.165) is 37.6 Å². The van der Waals surface area contributed by atoms with E-state index in [1.165, 1.54) is 18.5 Å². The first kappa shape index (κ1) is 19.4. The van der Waals surface area contributed by atoms with Crippen LogP contribution in [-0.4, -0.2) is 50.3 Å². The number of hydrogen-bond donors (Lipinski definition) is 1. The van der Waals surface area contributed by atoms with Crippen LogP contribution in [0.3, 0.4) is 0 Å². The number of hydrogen-bond acceptors (Lipinski definition) is 8. The number of halogens is 2. The maximum Gasteiger partial charge on any atom is 0.321 e. The average molecular weight is 410 g/mol. The van der Waals surface area contributed by atoms with E-state index >= 15 is 0 Å². The number of nitrogens with zero attached hydrogens (tertiary/aromatic N) is 5. The van der Waals surface area contributed by atoms with E-state index in [2.05, 4.69) is 25.3 Å². The molecule has 1 aliphatic rings. The zero-order chi connectivity index (χ0) is 20.9. The molecule has 10 heteroatoms. The van der Waals surface area contributed by atoms with Crippen molar-refractivity contribution in [1.29, 1.82) is 0 Å². The molecular weight excluding hydrogens is 394 g/mol. The van der Waals surface area contributed by atoms with Gasteiger partial charge < -0.3 is 15.0 Å². The molecule has 152 valence electrons. The second-order valence-corrected chi connectivity index (χ2v) is 6.52. The quantitative estimate of drug-likeness (QED) is 0.470. The average Bonchev–Trinajstić information content (AvgIpc) is 2.69. The van der Waals surface area contributed by atoms with Crippen molar-refractivity contribution in [3.63, 3.8) is 0 Å². The Balaban J connectivity index is 1.40. The van der Waals surface area contributed by atoms with Crippen molar-refractivity contribution in [3.8, 4) is 23.0 Å². The van der Waals surface area contributed by atoms with Crippen LogP contribution in [0, 0.1) is 11.6 Å². The van der Waals surface area contributed by atoms with Gasteiger partial charge in [-0.3, -0.25) is 9.78 Å². The second-order valence-electron chi connectivity index (χ2n) is 6.52. The molecular formula is C20H16F2N6O2. The fourth-order valence-electron chi connectivity index (χ4n) is 2.86. The van der Waals surface area contributed by atoms with Crippen molar-refractivity contribution >= 4 is 12.1 Å². The summed E-state index contributed by atoms with van der Waals surface area (Å²) in [5.41, 5.74) is 1.16. The Bertz CT molecular complexity index is 1050. The molecule has 0 aliphatic carbocycles. The summed E-state index contributed by atoms with van der Waals surface area (Å²) in [5.74, 6) is -0.943. The summed E-state index contributed by atoms with van der Waals surface area (Å²) < 4.78 is 31.8. The molecule has 1 fully saturated rings. The van der Waals surface area contributed by atoms with Crippen LogP contribution in [0.25, 0.3) is 11.3 Å². The number of nitrogens with one attached hydrogen (secondary N) is 1. The lowest BCUT2D eigenvalue weighted by Crippen LogP contribution is -2.52. The maximum absolute atomic E-state index is 13.2. The number of anilines is 1. The Morgan fingerprint density at radius 1 is 1.07 bits per heavy atom. The Hall–Kier alpha value is -3.95. The Labute approximate surface area is 170 Å². The summed E-state index contributed by atoms with van der Waals surface area (Å²) in [6, 6.07) is 2.97. The van der Waals surface area contributed by atoms with Crippen LogP contribution in [0.1, 0.15) is 0 Å². The third kappa shape index (κ3) is 4.72. The van der Waals surface area contributed by atoms with Crippen molar-refractivity contribution in [2.24, 2.45) is 0 Å². The Kier molecular flexibility index (Phi) is 5.55. The largest absolute Gasteiger partial charge is 0.424 e. The molecule has 0 saturated carbocycles. The summed E-state index contributed by atoms with van der Waals surface area (Å²) in [4.78, 5) is 29.1. The molecule has 0 amide bonds. The third-order valence-electron chi connectivity index (χ3n) is 4.24. The van der Waals surface area contributed by atoms with Crippen LogP contribution < -0.4 is 10.1 Å². The lowest BCUT2D eigenvalue weighted by molar-refractivity contribution is -0.104. The number of carbonyl (C=O) groups is 1. The zero-order valence-electron chi connectivity index (χ0n) is 15.6. The van der Waals surface area contributed by atoms with Gasteiger partial charge in [-0.2, -0.15) is 0 Å². The van der Waals surface area contributed by atoms with Gasteiger partial charge >= 0.3 is 6.01 Å². The number of aldehydes is 1. The predicted octanol–water partition coefficient (Wildman–Crippen LogP) is 2.81. The highest BCUT2D eigenvalue weighted by Gasteiger charge is 2.24. The molecule has 0 spiro atoms. The first-order valence-corrected chi connectivity index (χ1v) is 9.00. The molecule has 3 aromatic rings. The number of likely N-dealkylation sites (tertiary alicyclic amines) is 1. The number of allylic oxidation sites excluding steroid dienone is 1. The van der Waals surface area contributed by atoms with Gasteiger partial charge in [-0.05, 0) is 6.08 Å². The van der Waals surface area contributed by atoms with Crippen LogP contribution in [0.15, 0.2) is 55.3 Å². The van der Waals surface area contributed by atoms with Crippen LogP contribution >= 0.6 is 0 Å². The normalized spacial score (nSPS) is 13.9. The van der Waals surface area contributed by atoms with E-state index in [0.29, 0.717) is 17.1 Å². The fraction of sp³-hybridized carbons (Fsp3) is 0.150. The SMILES string of the molecule is O=CC=CN1CC(Nc2cncc(-c3cnc(Oc4cc(F)cc(F)c4)nc3)n2)C1. The lowest BCUT2D eigenvalue weighted by Gasteiger charge is -2.39. The van der Waals surface area contributed by atoms with Crippen LogP contribution in [0.2, 0.25) is 0 Å². The molecule has 30 heavy (non-hydrogen) atoms. The zero-order valence-corrected chi connectivity index (χ0v) is 15.6. The van der Waals surface area contributed by atoms with Gasteiger partial charge in [-0.25, -0.2) is 23.7 Å². The van der Waals surface area contributed by atoms with Gasteiger partial charge in [-0.15, -0.1) is 0 Å². The molecule has 0 radical (unpaired) electrons. The number of benzene rings is 1. The molecule has 1 N–H and O–H groups in total. The standard InChI is InChI=1S/C20H16F2N6O2/c21-14-4-15(22)6-17(5-14)30-20-24-7-13(8-25-20)18-9-23-10-19(27-18)26-16-11-28(12-16)2-1-3-29/h1-10,16H,11-12H2,(H,26,27). The molecule has 0 atom stereocenters. The monoisotopic (exact) mass is 410 g/mol. The molecule has 1 saturated heterocycles. The Morgan fingerprint density at radius 2 is 1.80 bits per heavy atom. The minimum atomic E-state index is -0.754. The van der Waals surface area contributed by atoms with Crippen LogP contribution in [-0.2, 0) is 4.79 Å². The first-order valence-electron chi connectivity index (χ1n) is 9.00. The molecule has 4 rings (SSSR count). The number of rotatable bonds is 7. The van der Waals surface area contributed by atoms with E-state index < -0.39 is 11.6 Å². The molecule has 0 unspecified atom stereocenters. The van der Waals surface area contributed by atoms with Gasteiger partial charge in [0.05, 0.1) is 24.1 Å². The minimum Gasteiger partial charge on any atom is -0.424 e. The number of aromatic nitrogens is 4. The fourth-order valence-corrected chi connectivity index (χ4v) is 2.86. The molecule has 2 aromatic heterocycles. The van der Waals surface area contributed by atoms with Gasteiger partial charge in [0.1, 0.15) is 29.5 Å². The summed E-state index contributed by atoms with van der Waals surface area (Å²) in [7, 11) is 0. The van der Waals surface area contributed by atoms with Gasteiger partial charge in [-0.1, -0.05) is 0 Å². The number of ether oxygens (including phenoxy) is 1. The summed E-state index contributed by atoms with van der Waals surface area (Å²) in [5, 5.41) is 3.28. The summed E-state index contributed by atoms with van der Waals surface area (Å²) >= 11 is 0. The highest BCUT2D eigenvalue weighted by atomic mass is 19.1. The second kappa shape index (κ2) is 8.60. The number of carbonyl (C=O) groups excluding carboxylic acids is 1. The predicted molar refractivity (Wildman–Crippen MR) is 104 cm³/mol. The van der Waals surface area contributed by atoms with Gasteiger partial charge in [0, 0.05) is 55.4 Å². The van der Waals surface area contributed by atoms with E-state index in [1.807, 2.05) is 4.90 Å². The molecule has 0 bridgehead atoms. The highest BCUT2D eigenvalue weighted by molar-refractivity contribution is 5.64.